The highest BCUT2D eigenvalue weighted by Crippen LogP contribution is 2.31. The number of hydrogen-bond acceptors (Lipinski definition) is 6. The summed E-state index contributed by atoms with van der Waals surface area (Å²) in [6, 6.07) is 24.7. The number of aromatic nitrogens is 4. The fraction of sp³-hybridized carbons (Fsp3) is 0.267. The summed E-state index contributed by atoms with van der Waals surface area (Å²) in [5, 5.41) is 14.4. The van der Waals surface area contributed by atoms with Gasteiger partial charge in [0, 0.05) is 39.2 Å². The van der Waals surface area contributed by atoms with Gasteiger partial charge in [0.1, 0.15) is 6.04 Å². The molecule has 0 bridgehead atoms. The summed E-state index contributed by atoms with van der Waals surface area (Å²) >= 11 is 0. The van der Waals surface area contributed by atoms with E-state index >= 15 is 0 Å². The van der Waals surface area contributed by atoms with E-state index in [0.717, 1.165) is 27.8 Å². The highest BCUT2D eigenvalue weighted by Gasteiger charge is 2.44. The third-order valence-electron chi connectivity index (χ3n) is 7.13. The summed E-state index contributed by atoms with van der Waals surface area (Å²) in [7, 11) is 3.32. The van der Waals surface area contributed by atoms with Gasteiger partial charge in [-0.15, -0.1) is 10.2 Å². The van der Waals surface area contributed by atoms with Crippen LogP contribution in [-0.4, -0.2) is 79.9 Å². The van der Waals surface area contributed by atoms with Gasteiger partial charge >= 0.3 is 6.03 Å². The smallest absolute Gasteiger partial charge is 0.327 e. The van der Waals surface area contributed by atoms with Crippen molar-refractivity contribution >= 4 is 17.8 Å². The van der Waals surface area contributed by atoms with Crippen molar-refractivity contribution in [1.82, 2.24) is 35.3 Å². The number of carbonyl (C=O) groups is 3. The predicted molar refractivity (Wildman–Crippen MR) is 150 cm³/mol. The molecule has 40 heavy (non-hydrogen) atoms. The molecule has 3 aromatic carbocycles. The van der Waals surface area contributed by atoms with Crippen LogP contribution < -0.4 is 0 Å². The maximum atomic E-state index is 13.5. The summed E-state index contributed by atoms with van der Waals surface area (Å²) in [4.78, 5) is 43.4. The van der Waals surface area contributed by atoms with E-state index in [1.165, 1.54) is 9.80 Å². The van der Waals surface area contributed by atoms with Gasteiger partial charge in [-0.1, -0.05) is 78.9 Å². The van der Waals surface area contributed by atoms with Crippen LogP contribution in [0.3, 0.4) is 0 Å². The number of benzene rings is 3. The Kier molecular flexibility index (Phi) is 7.95. The van der Waals surface area contributed by atoms with Gasteiger partial charge in [0.25, 0.3) is 5.91 Å². The number of rotatable bonds is 10. The van der Waals surface area contributed by atoms with Crippen molar-refractivity contribution in [3.63, 3.8) is 0 Å². The van der Waals surface area contributed by atoms with Gasteiger partial charge in [-0.25, -0.2) is 4.79 Å². The van der Waals surface area contributed by atoms with E-state index in [1.807, 2.05) is 78.9 Å². The molecule has 204 valence electrons. The number of urea groups is 1. The number of amides is 4. The van der Waals surface area contributed by atoms with Crippen LogP contribution in [0.1, 0.15) is 24.0 Å². The molecule has 1 atom stereocenters. The third-order valence-corrected chi connectivity index (χ3v) is 7.13. The second-order valence-electron chi connectivity index (χ2n) is 9.96. The molecule has 5 rings (SSSR count). The number of hydrogen-bond donors (Lipinski definition) is 1. The second kappa shape index (κ2) is 11.9. The van der Waals surface area contributed by atoms with Gasteiger partial charge in [0.05, 0.1) is 0 Å². The van der Waals surface area contributed by atoms with Crippen LogP contribution in [0, 0.1) is 0 Å². The van der Waals surface area contributed by atoms with E-state index in [9.17, 15) is 14.4 Å². The minimum absolute atomic E-state index is 0.0683. The Labute approximate surface area is 232 Å². The molecule has 1 fully saturated rings. The normalized spacial score (nSPS) is 15.1. The molecule has 0 saturated carbocycles. The first-order valence-corrected chi connectivity index (χ1v) is 13.2. The summed E-state index contributed by atoms with van der Waals surface area (Å²) in [5.74, 6) is 0.129. The largest absolute Gasteiger partial charge is 0.349 e. The van der Waals surface area contributed by atoms with E-state index in [4.69, 9.17) is 0 Å². The lowest BCUT2D eigenvalue weighted by atomic mass is 9.98. The van der Waals surface area contributed by atoms with Crippen LogP contribution in [0.2, 0.25) is 0 Å². The minimum atomic E-state index is -0.596. The molecule has 1 aliphatic rings. The van der Waals surface area contributed by atoms with Crippen LogP contribution in [0.25, 0.3) is 22.5 Å². The Morgan fingerprint density at radius 2 is 1.60 bits per heavy atom. The molecule has 2 heterocycles. The van der Waals surface area contributed by atoms with Crippen molar-refractivity contribution in [3.8, 4) is 22.5 Å². The SMILES string of the molecule is CN(C)C(=O)CCN1C(=O)[C@H](CCc2ccccc2)N(Cc2ccc(-c3ccccc3-c3nn[nH]n3)cc2)C1=O. The van der Waals surface area contributed by atoms with Gasteiger partial charge < -0.3 is 9.80 Å². The number of nitrogens with one attached hydrogen (secondary N) is 1. The number of aryl methyl sites for hydroxylation is 1. The molecule has 1 aliphatic heterocycles. The Hall–Kier alpha value is -4.86. The molecule has 0 aliphatic carbocycles. The maximum absolute atomic E-state index is 13.5. The minimum Gasteiger partial charge on any atom is -0.349 e. The molecule has 0 spiro atoms. The second-order valence-corrected chi connectivity index (χ2v) is 9.96. The summed E-state index contributed by atoms with van der Waals surface area (Å²) in [6.45, 7) is 0.355. The lowest BCUT2D eigenvalue weighted by Crippen LogP contribution is -2.36. The van der Waals surface area contributed by atoms with E-state index in [1.54, 1.807) is 19.0 Å². The lowest BCUT2D eigenvalue weighted by molar-refractivity contribution is -0.131. The van der Waals surface area contributed by atoms with Crippen LogP contribution >= 0.6 is 0 Å². The summed E-state index contributed by atoms with van der Waals surface area (Å²) in [5.41, 5.74) is 4.79. The molecule has 0 unspecified atom stereocenters. The Bertz CT molecular complexity index is 1470. The Morgan fingerprint density at radius 3 is 2.27 bits per heavy atom. The zero-order valence-electron chi connectivity index (χ0n) is 22.5. The molecule has 4 amide bonds. The van der Waals surface area contributed by atoms with Gasteiger partial charge in [-0.3, -0.25) is 14.5 Å². The molecule has 1 saturated heterocycles. The topological polar surface area (TPSA) is 115 Å². The first kappa shape index (κ1) is 26.7. The van der Waals surface area contributed by atoms with Crippen LogP contribution in [0.15, 0.2) is 78.9 Å². The van der Waals surface area contributed by atoms with E-state index in [2.05, 4.69) is 20.6 Å². The summed E-state index contributed by atoms with van der Waals surface area (Å²) < 4.78 is 0. The standard InChI is InChI=1S/C30H31N7O3/c1-35(2)27(38)18-19-36-29(39)26(17-14-21-8-4-3-5-9-21)37(30(36)40)20-22-12-15-23(16-13-22)24-10-6-7-11-25(24)28-31-33-34-32-28/h3-13,15-16,26H,14,17-20H2,1-2H3,(H,31,32,33,34)/t26-/m0/s1. The fourth-order valence-electron chi connectivity index (χ4n) is 4.93. The monoisotopic (exact) mass is 537 g/mol. The first-order chi connectivity index (χ1) is 19.4. The zero-order chi connectivity index (χ0) is 28.1. The summed E-state index contributed by atoms with van der Waals surface area (Å²) in [6.07, 6.45) is 1.26. The number of aromatic amines is 1. The zero-order valence-corrected chi connectivity index (χ0v) is 22.5. The van der Waals surface area contributed by atoms with E-state index in [0.29, 0.717) is 18.7 Å². The highest BCUT2D eigenvalue weighted by atomic mass is 16.2. The van der Waals surface area contributed by atoms with Gasteiger partial charge in [-0.2, -0.15) is 5.21 Å². The number of tetrazole rings is 1. The molecule has 4 aromatic rings. The van der Waals surface area contributed by atoms with Crippen molar-refractivity contribution in [2.24, 2.45) is 0 Å². The molecule has 10 heteroatoms. The van der Waals surface area contributed by atoms with Gasteiger partial charge in [-0.05, 0) is 40.3 Å². The molecule has 0 radical (unpaired) electrons. The van der Waals surface area contributed by atoms with E-state index in [-0.39, 0.29) is 37.4 Å². The first-order valence-electron chi connectivity index (χ1n) is 13.2. The van der Waals surface area contributed by atoms with Crippen LogP contribution in [0.5, 0.6) is 0 Å². The quantitative estimate of drug-likeness (QED) is 0.308. The average molecular weight is 538 g/mol. The number of carbonyl (C=O) groups excluding carboxylic acids is 3. The highest BCUT2D eigenvalue weighted by molar-refractivity contribution is 6.04. The third kappa shape index (κ3) is 5.75. The van der Waals surface area contributed by atoms with Crippen LogP contribution in [0.4, 0.5) is 4.79 Å². The molecular formula is C30H31N7O3. The molecule has 1 aromatic heterocycles. The lowest BCUT2D eigenvalue weighted by Gasteiger charge is -2.22. The van der Waals surface area contributed by atoms with Crippen molar-refractivity contribution < 1.29 is 14.4 Å². The Balaban J connectivity index is 1.36. The van der Waals surface area contributed by atoms with Crippen molar-refractivity contribution in [1.29, 1.82) is 0 Å². The fourth-order valence-corrected chi connectivity index (χ4v) is 4.93. The van der Waals surface area contributed by atoms with Crippen LogP contribution in [-0.2, 0) is 22.6 Å². The average Bonchev–Trinajstić information content (AvgIpc) is 3.59. The number of H-pyrrole nitrogens is 1. The molecule has 1 N–H and O–H groups in total. The maximum Gasteiger partial charge on any atom is 0.327 e. The van der Waals surface area contributed by atoms with Gasteiger partial charge in [0.15, 0.2) is 0 Å². The molecular weight excluding hydrogens is 506 g/mol. The number of imide groups is 1. The van der Waals surface area contributed by atoms with Crippen molar-refractivity contribution in [3.05, 3.63) is 90.0 Å². The van der Waals surface area contributed by atoms with Crippen molar-refractivity contribution in [2.75, 3.05) is 20.6 Å². The predicted octanol–water partition coefficient (Wildman–Crippen LogP) is 3.78. The number of nitrogens with zero attached hydrogens (tertiary/aromatic N) is 6. The van der Waals surface area contributed by atoms with Gasteiger partial charge in [0.2, 0.25) is 11.7 Å². The van der Waals surface area contributed by atoms with E-state index < -0.39 is 6.04 Å². The van der Waals surface area contributed by atoms with Crippen molar-refractivity contribution in [2.45, 2.75) is 31.8 Å². The molecule has 10 nitrogen and oxygen atoms in total. The Morgan fingerprint density at radius 1 is 0.900 bits per heavy atom.